The number of aromatic amines is 1. The van der Waals surface area contributed by atoms with Crippen LogP contribution in [0.2, 0.25) is 0 Å². The summed E-state index contributed by atoms with van der Waals surface area (Å²) in [6, 6.07) is 7.36. The first kappa shape index (κ1) is 19.3. The predicted octanol–water partition coefficient (Wildman–Crippen LogP) is 4.61. The molecule has 29 heavy (non-hydrogen) atoms. The van der Waals surface area contributed by atoms with E-state index in [1.54, 1.807) is 11.1 Å². The molecular weight excluding hydrogens is 383 g/mol. The Hall–Kier alpha value is -3.03. The van der Waals surface area contributed by atoms with Gasteiger partial charge in [0.05, 0.1) is 12.7 Å². The number of amides is 1. The smallest absolute Gasteiger partial charge is 0.419 e. The van der Waals surface area contributed by atoms with Gasteiger partial charge in [-0.15, -0.1) is 0 Å². The average molecular weight is 403 g/mol. The van der Waals surface area contributed by atoms with Crippen LogP contribution in [0.1, 0.15) is 40.2 Å². The number of methoxy groups -OCH3 is 1. The number of likely N-dealkylation sites (tertiary alicyclic amines) is 1. The number of piperidine rings is 1. The quantitative estimate of drug-likeness (QED) is 0.695. The van der Waals surface area contributed by atoms with Crippen molar-refractivity contribution in [1.82, 2.24) is 14.9 Å². The van der Waals surface area contributed by atoms with Crippen molar-refractivity contribution in [2.24, 2.45) is 0 Å². The van der Waals surface area contributed by atoms with Gasteiger partial charge in [0.1, 0.15) is 11.4 Å². The fraction of sp³-hybridized carbons (Fsp3) is 0.333. The van der Waals surface area contributed by atoms with Crippen LogP contribution < -0.4 is 4.74 Å². The lowest BCUT2D eigenvalue weighted by molar-refractivity contribution is -0.138. The van der Waals surface area contributed by atoms with Crippen molar-refractivity contribution in [2.75, 3.05) is 20.2 Å². The van der Waals surface area contributed by atoms with E-state index in [4.69, 9.17) is 4.74 Å². The zero-order valence-corrected chi connectivity index (χ0v) is 15.8. The Bertz CT molecular complexity index is 1040. The number of carbonyl (C=O) groups is 1. The van der Waals surface area contributed by atoms with E-state index in [1.807, 2.05) is 18.3 Å². The maximum Gasteiger partial charge on any atom is 0.419 e. The molecule has 1 aliphatic rings. The van der Waals surface area contributed by atoms with E-state index in [9.17, 15) is 18.0 Å². The van der Waals surface area contributed by atoms with Crippen molar-refractivity contribution in [3.05, 3.63) is 59.4 Å². The van der Waals surface area contributed by atoms with Crippen molar-refractivity contribution in [3.8, 4) is 5.75 Å². The Kier molecular flexibility index (Phi) is 4.94. The summed E-state index contributed by atoms with van der Waals surface area (Å²) in [7, 11) is 1.18. The molecule has 0 saturated carbocycles. The molecule has 1 aromatic carbocycles. The van der Waals surface area contributed by atoms with Crippen molar-refractivity contribution in [3.63, 3.8) is 0 Å². The Labute approximate surface area is 165 Å². The number of carbonyl (C=O) groups excluding carboxylic acids is 1. The minimum absolute atomic E-state index is 0.0212. The number of hydrogen-bond acceptors (Lipinski definition) is 3. The van der Waals surface area contributed by atoms with E-state index in [0.29, 0.717) is 13.1 Å². The summed E-state index contributed by atoms with van der Waals surface area (Å²) in [4.78, 5) is 21.9. The molecule has 1 saturated heterocycles. The molecule has 0 atom stereocenters. The lowest BCUT2D eigenvalue weighted by Gasteiger charge is -2.32. The summed E-state index contributed by atoms with van der Waals surface area (Å²) in [5.74, 6) is -0.406. The second-order valence-electron chi connectivity index (χ2n) is 7.12. The highest BCUT2D eigenvalue weighted by molar-refractivity contribution is 5.94. The summed E-state index contributed by atoms with van der Waals surface area (Å²) in [5, 5.41) is 1.07. The van der Waals surface area contributed by atoms with Gasteiger partial charge in [0.2, 0.25) is 0 Å². The fourth-order valence-electron chi connectivity index (χ4n) is 3.95. The molecule has 5 nitrogen and oxygen atoms in total. The summed E-state index contributed by atoms with van der Waals surface area (Å²) >= 11 is 0. The maximum absolute atomic E-state index is 13.2. The molecular formula is C21H20F3N3O2. The number of halogens is 3. The number of nitrogens with zero attached hydrogens (tertiary/aromatic N) is 2. The third-order valence-electron chi connectivity index (χ3n) is 5.46. The molecule has 1 amide bonds. The van der Waals surface area contributed by atoms with Gasteiger partial charge in [-0.2, -0.15) is 13.2 Å². The van der Waals surface area contributed by atoms with E-state index < -0.39 is 17.6 Å². The van der Waals surface area contributed by atoms with Crippen LogP contribution in [0.5, 0.6) is 5.75 Å². The first-order chi connectivity index (χ1) is 13.9. The molecule has 0 unspecified atom stereocenters. The first-order valence-electron chi connectivity index (χ1n) is 9.35. The van der Waals surface area contributed by atoms with E-state index in [0.717, 1.165) is 29.9 Å². The number of alkyl halides is 3. The monoisotopic (exact) mass is 403 g/mol. The number of pyridine rings is 1. The fourth-order valence-corrected chi connectivity index (χ4v) is 3.95. The number of rotatable bonds is 3. The van der Waals surface area contributed by atoms with Gasteiger partial charge in [-0.05, 0) is 54.7 Å². The van der Waals surface area contributed by atoms with Crippen LogP contribution in [0.4, 0.5) is 13.2 Å². The van der Waals surface area contributed by atoms with Gasteiger partial charge in [0, 0.05) is 36.4 Å². The minimum Gasteiger partial charge on any atom is -0.496 e. The van der Waals surface area contributed by atoms with Crippen molar-refractivity contribution in [1.29, 1.82) is 0 Å². The Balaban J connectivity index is 1.49. The molecule has 8 heteroatoms. The highest BCUT2D eigenvalue weighted by Crippen LogP contribution is 2.37. The van der Waals surface area contributed by atoms with Crippen LogP contribution in [0.15, 0.2) is 42.7 Å². The second-order valence-corrected chi connectivity index (χ2v) is 7.12. The number of fused-ring (bicyclic) bond motifs is 1. The van der Waals surface area contributed by atoms with Crippen LogP contribution >= 0.6 is 0 Å². The molecule has 152 valence electrons. The first-order valence-corrected chi connectivity index (χ1v) is 9.35. The van der Waals surface area contributed by atoms with Crippen molar-refractivity contribution in [2.45, 2.75) is 24.9 Å². The predicted molar refractivity (Wildman–Crippen MR) is 102 cm³/mol. The van der Waals surface area contributed by atoms with Gasteiger partial charge in [-0.1, -0.05) is 0 Å². The van der Waals surface area contributed by atoms with E-state index in [2.05, 4.69) is 9.97 Å². The molecule has 0 radical (unpaired) electrons. The lowest BCUT2D eigenvalue weighted by Crippen LogP contribution is -2.38. The normalized spacial score (nSPS) is 15.7. The molecule has 3 aromatic rings. The SMILES string of the molecule is COc1ccc(C(=O)N2CCC(c3c[nH]c4ncccc34)CC2)cc1C(F)(F)F. The van der Waals surface area contributed by atoms with E-state index in [1.165, 1.54) is 24.8 Å². The largest absolute Gasteiger partial charge is 0.496 e. The van der Waals surface area contributed by atoms with Crippen LogP contribution in [-0.2, 0) is 6.18 Å². The second kappa shape index (κ2) is 7.42. The molecule has 3 heterocycles. The van der Waals surface area contributed by atoms with Crippen molar-refractivity contribution < 1.29 is 22.7 Å². The molecule has 1 fully saturated rings. The zero-order chi connectivity index (χ0) is 20.6. The zero-order valence-electron chi connectivity index (χ0n) is 15.8. The van der Waals surface area contributed by atoms with Gasteiger partial charge >= 0.3 is 6.18 Å². The van der Waals surface area contributed by atoms with Crippen LogP contribution in [-0.4, -0.2) is 41.0 Å². The number of hydrogen-bond donors (Lipinski definition) is 1. The number of nitrogens with one attached hydrogen (secondary N) is 1. The topological polar surface area (TPSA) is 58.2 Å². The molecule has 0 bridgehead atoms. The highest BCUT2D eigenvalue weighted by Gasteiger charge is 2.35. The Morgan fingerprint density at radius 3 is 2.69 bits per heavy atom. The number of benzene rings is 1. The number of aromatic nitrogens is 2. The highest BCUT2D eigenvalue weighted by atomic mass is 19.4. The van der Waals surface area contributed by atoms with Gasteiger partial charge in [-0.25, -0.2) is 4.98 Å². The van der Waals surface area contributed by atoms with Crippen LogP contribution in [0.3, 0.4) is 0 Å². The summed E-state index contributed by atoms with van der Waals surface area (Å²) < 4.78 is 44.5. The number of H-pyrrole nitrogens is 1. The van der Waals surface area contributed by atoms with E-state index in [-0.39, 0.29) is 17.2 Å². The Morgan fingerprint density at radius 1 is 1.24 bits per heavy atom. The maximum atomic E-state index is 13.2. The Morgan fingerprint density at radius 2 is 2.00 bits per heavy atom. The molecule has 0 spiro atoms. The molecule has 4 rings (SSSR count). The van der Waals surface area contributed by atoms with Crippen LogP contribution in [0, 0.1) is 0 Å². The molecule has 1 aliphatic heterocycles. The van der Waals surface area contributed by atoms with Crippen molar-refractivity contribution >= 4 is 16.9 Å². The summed E-state index contributed by atoms with van der Waals surface area (Å²) in [5.41, 5.74) is 1.09. The standard InChI is InChI=1S/C21H20F3N3O2/c1-29-18-5-4-14(11-17(18)21(22,23)24)20(28)27-9-6-13(7-10-27)16-12-26-19-15(16)3-2-8-25-19/h2-5,8,11-13H,6-7,9-10H2,1H3,(H,25,26). The van der Waals surface area contributed by atoms with Gasteiger partial charge < -0.3 is 14.6 Å². The third-order valence-corrected chi connectivity index (χ3v) is 5.46. The minimum atomic E-state index is -4.59. The van der Waals surface area contributed by atoms with Crippen LogP contribution in [0.25, 0.3) is 11.0 Å². The van der Waals surface area contributed by atoms with E-state index >= 15 is 0 Å². The molecule has 1 N–H and O–H groups in total. The molecule has 2 aromatic heterocycles. The lowest BCUT2D eigenvalue weighted by atomic mass is 9.89. The van der Waals surface area contributed by atoms with Gasteiger partial charge in [0.25, 0.3) is 5.91 Å². The summed E-state index contributed by atoms with van der Waals surface area (Å²) in [6.07, 6.45) is 0.594. The van der Waals surface area contributed by atoms with Gasteiger partial charge in [-0.3, -0.25) is 4.79 Å². The molecule has 0 aliphatic carbocycles. The number of ether oxygens (including phenoxy) is 1. The summed E-state index contributed by atoms with van der Waals surface area (Å²) in [6.45, 7) is 0.980. The third kappa shape index (κ3) is 3.66. The average Bonchev–Trinajstić information content (AvgIpc) is 3.16. The van der Waals surface area contributed by atoms with Gasteiger partial charge in [0.15, 0.2) is 0 Å².